The molecule has 2 N–H and O–H groups in total. The van der Waals surface area contributed by atoms with Gasteiger partial charge in [-0.1, -0.05) is 29.3 Å². The van der Waals surface area contributed by atoms with Gasteiger partial charge in [0, 0.05) is 5.69 Å². The smallest absolute Gasteiger partial charge is 0.337 e. The SMILES string of the molecule is N#Cc1c(Cl)cccc1Nc1ccc(C(=O)O)c(Cl)c1. The van der Waals surface area contributed by atoms with Crippen LogP contribution in [0.1, 0.15) is 15.9 Å². The van der Waals surface area contributed by atoms with Crippen LogP contribution in [0.15, 0.2) is 36.4 Å². The quantitative estimate of drug-likeness (QED) is 0.886. The third-order valence-corrected chi connectivity index (χ3v) is 3.23. The fourth-order valence-corrected chi connectivity index (χ4v) is 2.14. The van der Waals surface area contributed by atoms with Crippen molar-refractivity contribution < 1.29 is 9.90 Å². The fraction of sp³-hybridized carbons (Fsp3) is 0. The predicted molar refractivity (Wildman–Crippen MR) is 77.9 cm³/mol. The van der Waals surface area contributed by atoms with Crippen LogP contribution in [0.3, 0.4) is 0 Å². The molecular weight excluding hydrogens is 299 g/mol. The number of halogens is 2. The third kappa shape index (κ3) is 2.85. The Kier molecular flexibility index (Phi) is 4.14. The van der Waals surface area contributed by atoms with Crippen molar-refractivity contribution in [1.82, 2.24) is 0 Å². The van der Waals surface area contributed by atoms with Crippen LogP contribution in [0.2, 0.25) is 10.0 Å². The van der Waals surface area contributed by atoms with Gasteiger partial charge in [-0.2, -0.15) is 5.26 Å². The number of hydrogen-bond donors (Lipinski definition) is 2. The van der Waals surface area contributed by atoms with Gasteiger partial charge in [-0.05, 0) is 30.3 Å². The summed E-state index contributed by atoms with van der Waals surface area (Å²) >= 11 is 11.8. The lowest BCUT2D eigenvalue weighted by molar-refractivity contribution is 0.0697. The minimum Gasteiger partial charge on any atom is -0.478 e. The number of hydrogen-bond acceptors (Lipinski definition) is 3. The summed E-state index contributed by atoms with van der Waals surface area (Å²) in [5.41, 5.74) is 1.43. The van der Waals surface area contributed by atoms with E-state index in [9.17, 15) is 4.79 Å². The van der Waals surface area contributed by atoms with Gasteiger partial charge in [0.15, 0.2) is 0 Å². The number of carbonyl (C=O) groups is 1. The number of carboxylic acids is 1. The van der Waals surface area contributed by atoms with Crippen LogP contribution in [-0.2, 0) is 0 Å². The van der Waals surface area contributed by atoms with E-state index in [2.05, 4.69) is 5.32 Å². The van der Waals surface area contributed by atoms with Gasteiger partial charge in [0.1, 0.15) is 6.07 Å². The minimum atomic E-state index is -1.10. The van der Waals surface area contributed by atoms with E-state index in [0.29, 0.717) is 22.0 Å². The van der Waals surface area contributed by atoms with Gasteiger partial charge in [0.2, 0.25) is 0 Å². The Labute approximate surface area is 125 Å². The van der Waals surface area contributed by atoms with E-state index < -0.39 is 5.97 Å². The monoisotopic (exact) mass is 306 g/mol. The van der Waals surface area contributed by atoms with E-state index in [1.165, 1.54) is 12.1 Å². The molecule has 0 unspecified atom stereocenters. The molecule has 0 bridgehead atoms. The second kappa shape index (κ2) is 5.83. The highest BCUT2D eigenvalue weighted by molar-refractivity contribution is 6.34. The molecule has 0 radical (unpaired) electrons. The maximum atomic E-state index is 10.9. The van der Waals surface area contributed by atoms with Crippen LogP contribution in [0.4, 0.5) is 11.4 Å². The standard InChI is InChI=1S/C14H8Cl2N2O2/c15-11-2-1-3-13(10(11)7-17)18-8-4-5-9(14(19)20)12(16)6-8/h1-6,18H,(H,19,20). The maximum Gasteiger partial charge on any atom is 0.337 e. The van der Waals surface area contributed by atoms with Crippen LogP contribution >= 0.6 is 23.2 Å². The first-order chi connectivity index (χ1) is 9.52. The van der Waals surface area contributed by atoms with Crippen molar-refractivity contribution in [3.05, 3.63) is 57.6 Å². The van der Waals surface area contributed by atoms with Crippen molar-refractivity contribution in [2.45, 2.75) is 0 Å². The molecule has 4 nitrogen and oxygen atoms in total. The zero-order chi connectivity index (χ0) is 14.7. The van der Waals surface area contributed by atoms with E-state index in [4.69, 9.17) is 33.6 Å². The average molecular weight is 307 g/mol. The van der Waals surface area contributed by atoms with E-state index in [1.807, 2.05) is 6.07 Å². The number of nitrogens with zero attached hydrogens (tertiary/aromatic N) is 1. The topological polar surface area (TPSA) is 73.1 Å². The molecule has 0 amide bonds. The Balaban J connectivity index is 2.37. The molecule has 2 rings (SSSR count). The summed E-state index contributed by atoms with van der Waals surface area (Å²) in [6, 6.07) is 11.5. The molecule has 0 heterocycles. The Morgan fingerprint density at radius 1 is 1.20 bits per heavy atom. The molecule has 0 aliphatic rings. The summed E-state index contributed by atoms with van der Waals surface area (Å²) in [5.74, 6) is -1.10. The summed E-state index contributed by atoms with van der Waals surface area (Å²) in [6.45, 7) is 0. The number of carboxylic acid groups (broad SMARTS) is 1. The van der Waals surface area contributed by atoms with E-state index >= 15 is 0 Å². The summed E-state index contributed by atoms with van der Waals surface area (Å²) in [5, 5.41) is 21.4. The van der Waals surface area contributed by atoms with Crippen LogP contribution in [0.25, 0.3) is 0 Å². The predicted octanol–water partition coefficient (Wildman–Crippen LogP) is 4.31. The van der Waals surface area contributed by atoms with Crippen molar-refractivity contribution in [3.8, 4) is 6.07 Å². The largest absolute Gasteiger partial charge is 0.478 e. The molecular formula is C14H8Cl2N2O2. The Bertz CT molecular complexity index is 724. The molecule has 0 aliphatic carbocycles. The number of benzene rings is 2. The molecule has 0 aromatic heterocycles. The fourth-order valence-electron chi connectivity index (χ4n) is 1.66. The van der Waals surface area contributed by atoms with Crippen molar-refractivity contribution in [3.63, 3.8) is 0 Å². The van der Waals surface area contributed by atoms with Gasteiger partial charge >= 0.3 is 5.97 Å². The van der Waals surface area contributed by atoms with Gasteiger partial charge in [-0.3, -0.25) is 0 Å². The van der Waals surface area contributed by atoms with Crippen molar-refractivity contribution in [2.24, 2.45) is 0 Å². The van der Waals surface area contributed by atoms with Gasteiger partial charge in [-0.15, -0.1) is 0 Å². The molecule has 0 aliphatic heterocycles. The Morgan fingerprint density at radius 2 is 1.95 bits per heavy atom. The number of anilines is 2. The summed E-state index contributed by atoms with van der Waals surface area (Å²) in [6.07, 6.45) is 0. The summed E-state index contributed by atoms with van der Waals surface area (Å²) < 4.78 is 0. The summed E-state index contributed by atoms with van der Waals surface area (Å²) in [4.78, 5) is 10.9. The molecule has 100 valence electrons. The molecule has 6 heteroatoms. The molecule has 0 spiro atoms. The van der Waals surface area contributed by atoms with Crippen LogP contribution in [0, 0.1) is 11.3 Å². The molecule has 2 aromatic carbocycles. The molecule has 20 heavy (non-hydrogen) atoms. The van der Waals surface area contributed by atoms with Gasteiger partial charge in [0.05, 0.1) is 26.9 Å². The highest BCUT2D eigenvalue weighted by atomic mass is 35.5. The average Bonchev–Trinajstić information content (AvgIpc) is 2.38. The molecule has 2 aromatic rings. The molecule has 0 atom stereocenters. The Hall–Kier alpha value is -2.22. The van der Waals surface area contributed by atoms with E-state index in [1.54, 1.807) is 24.3 Å². The first-order valence-electron chi connectivity index (χ1n) is 5.51. The van der Waals surface area contributed by atoms with Crippen LogP contribution < -0.4 is 5.32 Å². The van der Waals surface area contributed by atoms with Crippen LogP contribution in [-0.4, -0.2) is 11.1 Å². The highest BCUT2D eigenvalue weighted by Gasteiger charge is 2.10. The zero-order valence-corrected chi connectivity index (χ0v) is 11.5. The van der Waals surface area contributed by atoms with E-state index in [0.717, 1.165) is 0 Å². The number of nitrogens with one attached hydrogen (secondary N) is 1. The van der Waals surface area contributed by atoms with Gasteiger partial charge in [0.25, 0.3) is 0 Å². The summed E-state index contributed by atoms with van der Waals surface area (Å²) in [7, 11) is 0. The molecule has 0 fully saturated rings. The second-order valence-corrected chi connectivity index (χ2v) is 4.71. The molecule has 0 saturated carbocycles. The minimum absolute atomic E-state index is 0.0174. The lowest BCUT2D eigenvalue weighted by Crippen LogP contribution is -1.99. The van der Waals surface area contributed by atoms with E-state index in [-0.39, 0.29) is 10.6 Å². The van der Waals surface area contributed by atoms with Crippen molar-refractivity contribution in [2.75, 3.05) is 5.32 Å². The number of nitriles is 1. The van der Waals surface area contributed by atoms with Gasteiger partial charge < -0.3 is 10.4 Å². The van der Waals surface area contributed by atoms with Crippen molar-refractivity contribution >= 4 is 40.5 Å². The lowest BCUT2D eigenvalue weighted by atomic mass is 10.1. The number of aromatic carboxylic acids is 1. The first kappa shape index (κ1) is 14.2. The normalized spacial score (nSPS) is 9.85. The van der Waals surface area contributed by atoms with Crippen molar-refractivity contribution in [1.29, 1.82) is 5.26 Å². The maximum absolute atomic E-state index is 10.9. The molecule has 0 saturated heterocycles. The lowest BCUT2D eigenvalue weighted by Gasteiger charge is -2.10. The Morgan fingerprint density at radius 3 is 2.55 bits per heavy atom. The van der Waals surface area contributed by atoms with Gasteiger partial charge in [-0.25, -0.2) is 4.79 Å². The second-order valence-electron chi connectivity index (χ2n) is 3.90. The zero-order valence-electron chi connectivity index (χ0n) is 10.0. The third-order valence-electron chi connectivity index (χ3n) is 2.60. The number of rotatable bonds is 3. The first-order valence-corrected chi connectivity index (χ1v) is 6.27. The highest BCUT2D eigenvalue weighted by Crippen LogP contribution is 2.28. The van der Waals surface area contributed by atoms with Crippen LogP contribution in [0.5, 0.6) is 0 Å².